The quantitative estimate of drug-likeness (QED) is 0.333. The Morgan fingerprint density at radius 1 is 1.34 bits per heavy atom. The van der Waals surface area contributed by atoms with E-state index in [0.29, 0.717) is 17.2 Å². The number of hydrogen-bond donors (Lipinski definition) is 1. The second-order valence-corrected chi connectivity index (χ2v) is 9.27. The number of halogens is 1. The van der Waals surface area contributed by atoms with E-state index in [1.165, 1.54) is 12.5 Å². The minimum Gasteiger partial charge on any atom is -0.441 e. The minimum atomic E-state index is -4.46. The van der Waals surface area contributed by atoms with Gasteiger partial charge in [-0.2, -0.15) is 0 Å². The Bertz CT molecular complexity index is 1090. The van der Waals surface area contributed by atoms with Crippen molar-refractivity contribution in [2.45, 2.75) is 62.7 Å². The first-order valence-corrected chi connectivity index (χ1v) is 11.8. The highest BCUT2D eigenvalue weighted by molar-refractivity contribution is 7.90. The monoisotopic (exact) mass is 469 g/mol. The molecule has 1 aromatic carbocycles. The third-order valence-electron chi connectivity index (χ3n) is 5.23. The van der Waals surface area contributed by atoms with Gasteiger partial charge in [-0.3, -0.25) is 4.79 Å². The van der Waals surface area contributed by atoms with E-state index < -0.39 is 31.7 Å². The van der Waals surface area contributed by atoms with Crippen LogP contribution >= 0.6 is 0 Å². The average molecular weight is 469 g/mol. The molecule has 12 heteroatoms. The van der Waals surface area contributed by atoms with Crippen molar-refractivity contribution in [1.29, 1.82) is 0 Å². The summed E-state index contributed by atoms with van der Waals surface area (Å²) in [4.78, 5) is 29.8. The second kappa shape index (κ2) is 10.1. The van der Waals surface area contributed by atoms with Crippen LogP contribution in [0.1, 0.15) is 62.4 Å². The lowest BCUT2D eigenvalue weighted by Crippen LogP contribution is -2.31. The molecule has 1 saturated carbocycles. The van der Waals surface area contributed by atoms with Gasteiger partial charge in [-0.15, -0.1) is 10.1 Å². The molecular formula is C20H24FN3O7S. The molecular weight excluding hydrogens is 445 g/mol. The summed E-state index contributed by atoms with van der Waals surface area (Å²) in [6, 6.07) is 3.54. The maximum Gasteiger partial charge on any atom is 0.294 e. The molecule has 1 aromatic heterocycles. The number of rotatable bonds is 9. The number of sulfonamides is 1. The van der Waals surface area contributed by atoms with Crippen LogP contribution in [0.15, 0.2) is 27.5 Å². The zero-order valence-corrected chi connectivity index (χ0v) is 18.3. The van der Waals surface area contributed by atoms with Gasteiger partial charge in [0.1, 0.15) is 10.7 Å². The van der Waals surface area contributed by atoms with E-state index >= 15 is 0 Å². The molecule has 0 saturated heterocycles. The summed E-state index contributed by atoms with van der Waals surface area (Å²) in [5.41, 5.74) is 1.12. The minimum absolute atomic E-state index is 0.0709. The number of nitrogens with one attached hydrogen (secondary N) is 1. The second-order valence-electron chi connectivity index (χ2n) is 7.62. The Labute approximate surface area is 184 Å². The Kier molecular flexibility index (Phi) is 7.44. The normalized spacial score (nSPS) is 14.8. The standard InChI is InChI=1S/C20H24FN3O7S/c1-13-22-19(14-6-3-2-4-7-14)20(31-13)15-9-10-17(16(21)12-15)32(28,29)23-18(25)8-5-11-30-24(26)27/h9-10,12,14H,2-8,11H2,1H3,(H,23,25). The molecule has 2 aromatic rings. The largest absolute Gasteiger partial charge is 0.441 e. The fraction of sp³-hybridized carbons (Fsp3) is 0.500. The SMILES string of the molecule is Cc1nc(C2CCCCC2)c(-c2ccc(S(=O)(=O)NC(=O)CCCO[N+](=O)[O-])c(F)c2)o1. The van der Waals surface area contributed by atoms with E-state index in [4.69, 9.17) is 4.42 Å². The van der Waals surface area contributed by atoms with Gasteiger partial charge in [0.05, 0.1) is 12.3 Å². The third-order valence-corrected chi connectivity index (χ3v) is 6.64. The molecule has 0 aliphatic heterocycles. The highest BCUT2D eigenvalue weighted by Gasteiger charge is 2.26. The summed E-state index contributed by atoms with van der Waals surface area (Å²) in [6.45, 7) is 1.35. The van der Waals surface area contributed by atoms with Crippen LogP contribution in [0.3, 0.4) is 0 Å². The van der Waals surface area contributed by atoms with Crippen molar-refractivity contribution >= 4 is 15.9 Å². The van der Waals surface area contributed by atoms with Crippen molar-refractivity contribution in [3.63, 3.8) is 0 Å². The molecule has 1 aliphatic rings. The number of nitrogens with zero attached hydrogens (tertiary/aromatic N) is 2. The lowest BCUT2D eigenvalue weighted by atomic mass is 9.85. The molecule has 0 atom stereocenters. The van der Waals surface area contributed by atoms with Gasteiger partial charge < -0.3 is 9.25 Å². The molecule has 1 amide bonds. The highest BCUT2D eigenvalue weighted by Crippen LogP contribution is 2.38. The Morgan fingerprint density at radius 2 is 2.06 bits per heavy atom. The van der Waals surface area contributed by atoms with Crippen molar-refractivity contribution in [2.75, 3.05) is 6.61 Å². The fourth-order valence-corrected chi connectivity index (χ4v) is 4.87. The van der Waals surface area contributed by atoms with Gasteiger partial charge in [0.2, 0.25) is 5.91 Å². The number of aryl methyl sites for hydroxylation is 1. The summed E-state index contributed by atoms with van der Waals surface area (Å²) in [6.07, 6.45) is 4.85. The first kappa shape index (κ1) is 23.6. The van der Waals surface area contributed by atoms with Crippen LogP contribution in [-0.2, 0) is 19.7 Å². The first-order valence-electron chi connectivity index (χ1n) is 10.3. The molecule has 1 fully saturated rings. The molecule has 1 aliphatic carbocycles. The molecule has 1 heterocycles. The van der Waals surface area contributed by atoms with Gasteiger partial charge in [0, 0.05) is 24.8 Å². The molecule has 3 rings (SSSR count). The maximum atomic E-state index is 14.8. The van der Waals surface area contributed by atoms with E-state index in [1.807, 2.05) is 0 Å². The molecule has 32 heavy (non-hydrogen) atoms. The van der Waals surface area contributed by atoms with Gasteiger partial charge in [0.25, 0.3) is 15.1 Å². The van der Waals surface area contributed by atoms with Gasteiger partial charge >= 0.3 is 0 Å². The lowest BCUT2D eigenvalue weighted by molar-refractivity contribution is -0.757. The number of benzene rings is 1. The van der Waals surface area contributed by atoms with Crippen LogP contribution in [0.2, 0.25) is 0 Å². The van der Waals surface area contributed by atoms with E-state index in [1.54, 1.807) is 11.6 Å². The van der Waals surface area contributed by atoms with Crippen molar-refractivity contribution in [3.8, 4) is 11.3 Å². The molecule has 0 spiro atoms. The zero-order valence-electron chi connectivity index (χ0n) is 17.5. The van der Waals surface area contributed by atoms with Gasteiger partial charge in [-0.05, 0) is 37.5 Å². The number of oxazole rings is 1. The summed E-state index contributed by atoms with van der Waals surface area (Å²) >= 11 is 0. The van der Waals surface area contributed by atoms with E-state index in [9.17, 15) is 27.7 Å². The van der Waals surface area contributed by atoms with Crippen LogP contribution in [0.25, 0.3) is 11.3 Å². The molecule has 174 valence electrons. The van der Waals surface area contributed by atoms with E-state index in [2.05, 4.69) is 9.82 Å². The number of aromatic nitrogens is 1. The molecule has 1 N–H and O–H groups in total. The molecule has 10 nitrogen and oxygen atoms in total. The van der Waals surface area contributed by atoms with Crippen molar-refractivity contribution < 1.29 is 31.9 Å². The van der Waals surface area contributed by atoms with Crippen LogP contribution in [-0.4, -0.2) is 31.0 Å². The Balaban J connectivity index is 1.75. The van der Waals surface area contributed by atoms with Crippen LogP contribution in [0.4, 0.5) is 4.39 Å². The van der Waals surface area contributed by atoms with Gasteiger partial charge in [-0.1, -0.05) is 19.3 Å². The molecule has 0 radical (unpaired) electrons. The summed E-state index contributed by atoms with van der Waals surface area (Å²) < 4.78 is 47.1. The smallest absolute Gasteiger partial charge is 0.294 e. The predicted molar refractivity (Wildman–Crippen MR) is 110 cm³/mol. The predicted octanol–water partition coefficient (Wildman–Crippen LogP) is 3.63. The van der Waals surface area contributed by atoms with Crippen molar-refractivity contribution in [1.82, 2.24) is 9.71 Å². The fourth-order valence-electron chi connectivity index (χ4n) is 3.79. The first-order chi connectivity index (χ1) is 15.2. The number of amides is 1. The number of carbonyl (C=O) groups excluding carboxylic acids is 1. The highest BCUT2D eigenvalue weighted by atomic mass is 32.2. The van der Waals surface area contributed by atoms with Crippen LogP contribution < -0.4 is 4.72 Å². The maximum absolute atomic E-state index is 14.8. The van der Waals surface area contributed by atoms with Gasteiger partial charge in [-0.25, -0.2) is 22.5 Å². The number of carbonyl (C=O) groups is 1. The van der Waals surface area contributed by atoms with Crippen molar-refractivity contribution in [3.05, 3.63) is 45.7 Å². The van der Waals surface area contributed by atoms with E-state index in [-0.39, 0.29) is 25.4 Å². The summed E-state index contributed by atoms with van der Waals surface area (Å²) in [5.74, 6) is -0.881. The number of hydrogen-bond acceptors (Lipinski definition) is 8. The van der Waals surface area contributed by atoms with E-state index in [0.717, 1.165) is 43.5 Å². The van der Waals surface area contributed by atoms with Gasteiger partial charge in [0.15, 0.2) is 11.7 Å². The Hall–Kier alpha value is -3.02. The summed E-state index contributed by atoms with van der Waals surface area (Å²) in [5, 5.41) is 9.06. The topological polar surface area (TPSA) is 142 Å². The summed E-state index contributed by atoms with van der Waals surface area (Å²) in [7, 11) is -4.46. The lowest BCUT2D eigenvalue weighted by Gasteiger charge is -2.20. The zero-order chi connectivity index (χ0) is 23.3. The van der Waals surface area contributed by atoms with Crippen molar-refractivity contribution in [2.24, 2.45) is 0 Å². The van der Waals surface area contributed by atoms with Crippen LogP contribution in [0.5, 0.6) is 0 Å². The molecule has 0 bridgehead atoms. The molecule has 0 unspecified atom stereocenters. The van der Waals surface area contributed by atoms with Crippen LogP contribution in [0, 0.1) is 22.9 Å². The third kappa shape index (κ3) is 5.81. The average Bonchev–Trinajstić information content (AvgIpc) is 3.13. The Morgan fingerprint density at radius 3 is 2.72 bits per heavy atom.